The van der Waals surface area contributed by atoms with Crippen LogP contribution in [0.5, 0.6) is 0 Å². The van der Waals surface area contributed by atoms with Gasteiger partial charge in [0.2, 0.25) is 0 Å². The lowest BCUT2D eigenvalue weighted by atomic mass is 10.2. The van der Waals surface area contributed by atoms with E-state index in [0.717, 1.165) is 25.2 Å². The maximum Gasteiger partial charge on any atom is 0.324 e. The first-order valence-electron chi connectivity index (χ1n) is 5.52. The minimum atomic E-state index is 0.307. The molecule has 1 unspecified atom stereocenters. The molecule has 0 saturated carbocycles. The smallest absolute Gasteiger partial charge is 0.324 e. The van der Waals surface area contributed by atoms with Crippen molar-refractivity contribution in [2.24, 2.45) is 5.73 Å². The minimum absolute atomic E-state index is 0.307. The molecule has 2 N–H and O–H groups in total. The van der Waals surface area contributed by atoms with Crippen molar-refractivity contribution in [3.05, 3.63) is 5.82 Å². The summed E-state index contributed by atoms with van der Waals surface area (Å²) < 4.78 is 5.25. The molecule has 1 aliphatic heterocycles. The van der Waals surface area contributed by atoms with Crippen molar-refractivity contribution in [1.82, 2.24) is 10.1 Å². The van der Waals surface area contributed by atoms with Gasteiger partial charge in [-0.3, -0.25) is 0 Å². The lowest BCUT2D eigenvalue weighted by Gasteiger charge is -2.20. The van der Waals surface area contributed by atoms with Crippen LogP contribution in [0.3, 0.4) is 0 Å². The molecule has 0 radical (unpaired) electrons. The molecule has 1 saturated heterocycles. The third-order valence-electron chi connectivity index (χ3n) is 2.84. The predicted molar refractivity (Wildman–Crippen MR) is 57.8 cm³/mol. The second-order valence-electron chi connectivity index (χ2n) is 4.31. The molecule has 15 heavy (non-hydrogen) atoms. The molecule has 1 fully saturated rings. The number of hydrogen-bond donors (Lipinski definition) is 1. The van der Waals surface area contributed by atoms with E-state index in [0.29, 0.717) is 24.5 Å². The molecule has 5 heteroatoms. The third kappa shape index (κ3) is 1.97. The second-order valence-corrected chi connectivity index (χ2v) is 4.31. The first-order valence-corrected chi connectivity index (χ1v) is 5.52. The normalized spacial score (nSPS) is 21.6. The quantitative estimate of drug-likeness (QED) is 0.809. The topological polar surface area (TPSA) is 68.2 Å². The van der Waals surface area contributed by atoms with Gasteiger partial charge in [0.15, 0.2) is 5.82 Å². The number of nitrogens with zero attached hydrogens (tertiary/aromatic N) is 3. The van der Waals surface area contributed by atoms with Crippen molar-refractivity contribution < 1.29 is 4.52 Å². The molecular formula is C10H18N4O. The van der Waals surface area contributed by atoms with Crippen molar-refractivity contribution in [3.63, 3.8) is 0 Å². The summed E-state index contributed by atoms with van der Waals surface area (Å²) in [5, 5.41) is 3.96. The molecule has 5 nitrogen and oxygen atoms in total. The van der Waals surface area contributed by atoms with E-state index in [2.05, 4.69) is 28.9 Å². The fourth-order valence-corrected chi connectivity index (χ4v) is 1.91. The van der Waals surface area contributed by atoms with Gasteiger partial charge >= 0.3 is 6.01 Å². The van der Waals surface area contributed by atoms with Crippen LogP contribution in [0.1, 0.15) is 38.4 Å². The van der Waals surface area contributed by atoms with E-state index >= 15 is 0 Å². The van der Waals surface area contributed by atoms with Gasteiger partial charge in [-0.05, 0) is 12.8 Å². The summed E-state index contributed by atoms with van der Waals surface area (Å²) in [6.07, 6.45) is 2.27. The molecule has 0 spiro atoms. The summed E-state index contributed by atoms with van der Waals surface area (Å²) in [7, 11) is 0. The zero-order chi connectivity index (χ0) is 10.8. The van der Waals surface area contributed by atoms with Gasteiger partial charge in [-0.2, -0.15) is 4.98 Å². The van der Waals surface area contributed by atoms with E-state index in [-0.39, 0.29) is 0 Å². The second kappa shape index (κ2) is 4.18. The molecule has 2 heterocycles. The van der Waals surface area contributed by atoms with Crippen LogP contribution in [0.15, 0.2) is 4.52 Å². The van der Waals surface area contributed by atoms with Gasteiger partial charge in [-0.15, -0.1) is 0 Å². The Bertz CT molecular complexity index is 323. The van der Waals surface area contributed by atoms with Gasteiger partial charge in [0.05, 0.1) is 0 Å². The Morgan fingerprint density at radius 1 is 1.60 bits per heavy atom. The number of rotatable bonds is 3. The summed E-state index contributed by atoms with van der Waals surface area (Å²) in [6.45, 7) is 5.74. The summed E-state index contributed by atoms with van der Waals surface area (Å²) in [6, 6.07) is 0.997. The summed E-state index contributed by atoms with van der Waals surface area (Å²) in [5.41, 5.74) is 5.70. The number of anilines is 1. The molecule has 0 aliphatic carbocycles. The molecule has 0 amide bonds. The third-order valence-corrected chi connectivity index (χ3v) is 2.84. The largest absolute Gasteiger partial charge is 0.328 e. The standard InChI is InChI=1S/C10H18N4O/c1-7(2)9-12-10(15-13-9)14-5-3-4-8(14)6-11/h7-8H,3-6,11H2,1-2H3. The molecule has 84 valence electrons. The first kappa shape index (κ1) is 10.4. The lowest BCUT2D eigenvalue weighted by molar-refractivity contribution is 0.401. The number of nitrogens with two attached hydrogens (primary N) is 1. The van der Waals surface area contributed by atoms with Crippen LogP contribution in [-0.4, -0.2) is 29.3 Å². The van der Waals surface area contributed by atoms with Gasteiger partial charge in [-0.25, -0.2) is 0 Å². The van der Waals surface area contributed by atoms with E-state index in [1.165, 1.54) is 0 Å². The molecule has 0 bridgehead atoms. The summed E-state index contributed by atoms with van der Waals surface area (Å²) >= 11 is 0. The maximum absolute atomic E-state index is 5.70. The van der Waals surface area contributed by atoms with Crippen molar-refractivity contribution in [3.8, 4) is 0 Å². The Labute approximate surface area is 89.6 Å². The highest BCUT2D eigenvalue weighted by molar-refractivity contribution is 5.29. The highest BCUT2D eigenvalue weighted by atomic mass is 16.5. The van der Waals surface area contributed by atoms with E-state index in [1.807, 2.05) is 0 Å². The Morgan fingerprint density at radius 3 is 3.00 bits per heavy atom. The van der Waals surface area contributed by atoms with Gasteiger partial charge < -0.3 is 15.2 Å². The van der Waals surface area contributed by atoms with Crippen LogP contribution >= 0.6 is 0 Å². The first-order chi connectivity index (χ1) is 7.22. The van der Waals surface area contributed by atoms with Crippen molar-refractivity contribution in [1.29, 1.82) is 0 Å². The van der Waals surface area contributed by atoms with Gasteiger partial charge in [0.25, 0.3) is 0 Å². The Balaban J connectivity index is 2.14. The average Bonchev–Trinajstić information content (AvgIpc) is 2.85. The van der Waals surface area contributed by atoms with Crippen molar-refractivity contribution in [2.45, 2.75) is 38.6 Å². The van der Waals surface area contributed by atoms with E-state index < -0.39 is 0 Å². The number of hydrogen-bond acceptors (Lipinski definition) is 5. The predicted octanol–water partition coefficient (Wildman–Crippen LogP) is 1.12. The molecule has 1 atom stereocenters. The van der Waals surface area contributed by atoms with Crippen LogP contribution in [0.4, 0.5) is 6.01 Å². The van der Waals surface area contributed by atoms with Crippen molar-refractivity contribution >= 4 is 6.01 Å². The zero-order valence-electron chi connectivity index (χ0n) is 9.31. The van der Waals surface area contributed by atoms with Crippen LogP contribution in [-0.2, 0) is 0 Å². The molecule has 2 rings (SSSR count). The number of aromatic nitrogens is 2. The Kier molecular flexibility index (Phi) is 2.90. The molecule has 0 aromatic carbocycles. The summed E-state index contributed by atoms with van der Waals surface area (Å²) in [4.78, 5) is 6.51. The monoisotopic (exact) mass is 210 g/mol. The highest BCUT2D eigenvalue weighted by Gasteiger charge is 2.27. The SMILES string of the molecule is CC(C)c1noc(N2CCCC2CN)n1. The molecular weight excluding hydrogens is 192 g/mol. The lowest BCUT2D eigenvalue weighted by Crippen LogP contribution is -2.35. The minimum Gasteiger partial charge on any atom is -0.328 e. The van der Waals surface area contributed by atoms with Crippen LogP contribution in [0.25, 0.3) is 0 Å². The van der Waals surface area contributed by atoms with E-state index in [9.17, 15) is 0 Å². The van der Waals surface area contributed by atoms with Crippen LogP contribution < -0.4 is 10.6 Å². The van der Waals surface area contributed by atoms with Gasteiger partial charge in [0.1, 0.15) is 0 Å². The van der Waals surface area contributed by atoms with E-state index in [1.54, 1.807) is 0 Å². The molecule has 1 aromatic heterocycles. The fraction of sp³-hybridized carbons (Fsp3) is 0.800. The summed E-state index contributed by atoms with van der Waals surface area (Å²) in [5.74, 6) is 1.08. The molecule has 1 aromatic rings. The van der Waals surface area contributed by atoms with E-state index in [4.69, 9.17) is 10.3 Å². The highest BCUT2D eigenvalue weighted by Crippen LogP contribution is 2.24. The van der Waals surface area contributed by atoms with Crippen molar-refractivity contribution in [2.75, 3.05) is 18.0 Å². The Hall–Kier alpha value is -1.10. The average molecular weight is 210 g/mol. The van der Waals surface area contributed by atoms with Crippen LogP contribution in [0, 0.1) is 0 Å². The molecule has 1 aliphatic rings. The maximum atomic E-state index is 5.70. The zero-order valence-corrected chi connectivity index (χ0v) is 9.31. The van der Waals surface area contributed by atoms with Gasteiger partial charge in [-0.1, -0.05) is 19.0 Å². The van der Waals surface area contributed by atoms with Crippen LogP contribution in [0.2, 0.25) is 0 Å². The Morgan fingerprint density at radius 2 is 2.40 bits per heavy atom. The fourth-order valence-electron chi connectivity index (χ4n) is 1.91. The van der Waals surface area contributed by atoms with Gasteiger partial charge in [0, 0.05) is 25.0 Å².